The highest BCUT2D eigenvalue weighted by Gasteiger charge is 2.14. The van der Waals surface area contributed by atoms with Crippen LogP contribution in [-0.4, -0.2) is 41.9 Å². The zero-order chi connectivity index (χ0) is 13.9. The maximum atomic E-state index is 12.1. The molecule has 0 heterocycles. The van der Waals surface area contributed by atoms with Crippen molar-refractivity contribution in [3.05, 3.63) is 34.4 Å². The number of Topliss-reactive ketones (excluding diaryl/α,β-unsaturated/α-hetero) is 1. The Morgan fingerprint density at radius 2 is 1.61 bits per heavy atom. The number of hydrogen-bond acceptors (Lipinski definition) is 3. The van der Waals surface area contributed by atoms with E-state index in [2.05, 4.69) is 0 Å². The minimum Gasteiger partial charge on any atom is -0.480 e. The molecule has 1 aromatic carbocycles. The van der Waals surface area contributed by atoms with Gasteiger partial charge >= 0.3 is 5.97 Å². The first-order valence-corrected chi connectivity index (χ1v) is 5.82. The molecule has 18 heavy (non-hydrogen) atoms. The predicted octanol–water partition coefficient (Wildman–Crippen LogP) is 1.81. The molecule has 0 fully saturated rings. The van der Waals surface area contributed by atoms with E-state index in [1.165, 1.54) is 4.90 Å². The van der Waals surface area contributed by atoms with Gasteiger partial charge in [0.1, 0.15) is 0 Å². The highest BCUT2D eigenvalue weighted by Crippen LogP contribution is 2.16. The summed E-state index contributed by atoms with van der Waals surface area (Å²) >= 11 is 0. The molecule has 0 spiro atoms. The van der Waals surface area contributed by atoms with E-state index < -0.39 is 5.97 Å². The van der Waals surface area contributed by atoms with Crippen LogP contribution in [0.5, 0.6) is 0 Å². The molecule has 0 unspecified atom stereocenters. The quantitative estimate of drug-likeness (QED) is 0.809. The lowest BCUT2D eigenvalue weighted by Gasteiger charge is -2.14. The van der Waals surface area contributed by atoms with Crippen molar-refractivity contribution < 1.29 is 14.7 Å². The minimum atomic E-state index is -0.929. The van der Waals surface area contributed by atoms with Crippen LogP contribution in [-0.2, 0) is 4.79 Å². The van der Waals surface area contributed by atoms with Gasteiger partial charge in [-0.25, -0.2) is 0 Å². The highest BCUT2D eigenvalue weighted by atomic mass is 16.4. The fourth-order valence-corrected chi connectivity index (χ4v) is 1.88. The van der Waals surface area contributed by atoms with Crippen molar-refractivity contribution in [1.82, 2.24) is 4.90 Å². The van der Waals surface area contributed by atoms with Gasteiger partial charge in [0, 0.05) is 5.56 Å². The van der Waals surface area contributed by atoms with Crippen molar-refractivity contribution in [2.45, 2.75) is 20.8 Å². The molecule has 4 heteroatoms. The number of carboxylic acids is 1. The van der Waals surface area contributed by atoms with E-state index in [9.17, 15) is 9.59 Å². The lowest BCUT2D eigenvalue weighted by Crippen LogP contribution is -2.31. The number of carboxylic acid groups (broad SMARTS) is 1. The fraction of sp³-hybridized carbons (Fsp3) is 0.429. The molecule has 1 N–H and O–H groups in total. The number of benzene rings is 1. The van der Waals surface area contributed by atoms with Crippen molar-refractivity contribution in [3.8, 4) is 0 Å². The van der Waals surface area contributed by atoms with Crippen LogP contribution in [0.25, 0.3) is 0 Å². The summed E-state index contributed by atoms with van der Waals surface area (Å²) in [5, 5.41) is 8.65. The Morgan fingerprint density at radius 1 is 1.06 bits per heavy atom. The normalized spacial score (nSPS) is 10.7. The molecular weight excluding hydrogens is 230 g/mol. The van der Waals surface area contributed by atoms with Gasteiger partial charge in [-0.2, -0.15) is 0 Å². The van der Waals surface area contributed by atoms with Crippen LogP contribution in [0, 0.1) is 20.8 Å². The first kappa shape index (κ1) is 14.4. The van der Waals surface area contributed by atoms with E-state index in [4.69, 9.17) is 5.11 Å². The molecule has 0 radical (unpaired) electrons. The molecular formula is C14H19NO3. The summed E-state index contributed by atoms with van der Waals surface area (Å²) in [6.07, 6.45) is 0. The molecule has 0 saturated heterocycles. The van der Waals surface area contributed by atoms with Gasteiger partial charge in [-0.15, -0.1) is 0 Å². The van der Waals surface area contributed by atoms with Crippen LogP contribution in [0.3, 0.4) is 0 Å². The van der Waals surface area contributed by atoms with Crippen molar-refractivity contribution in [2.75, 3.05) is 20.1 Å². The molecule has 1 aromatic rings. The minimum absolute atomic E-state index is 0.0423. The molecule has 0 aliphatic carbocycles. The largest absolute Gasteiger partial charge is 0.480 e. The van der Waals surface area contributed by atoms with Crippen molar-refractivity contribution in [2.24, 2.45) is 0 Å². The Labute approximate surface area is 107 Å². The van der Waals surface area contributed by atoms with Gasteiger partial charge in [0.2, 0.25) is 0 Å². The number of ketones is 1. The number of likely N-dealkylation sites (N-methyl/N-ethyl adjacent to an activating group) is 1. The number of aliphatic carboxylic acids is 1. The zero-order valence-electron chi connectivity index (χ0n) is 11.3. The van der Waals surface area contributed by atoms with Crippen LogP contribution in [0.4, 0.5) is 0 Å². The maximum absolute atomic E-state index is 12.1. The molecule has 0 aromatic heterocycles. The van der Waals surface area contributed by atoms with E-state index >= 15 is 0 Å². The van der Waals surface area contributed by atoms with Crippen molar-refractivity contribution in [1.29, 1.82) is 0 Å². The van der Waals surface area contributed by atoms with Gasteiger partial charge in [0.05, 0.1) is 13.1 Å². The fourth-order valence-electron chi connectivity index (χ4n) is 1.88. The van der Waals surface area contributed by atoms with Crippen molar-refractivity contribution >= 4 is 11.8 Å². The number of nitrogens with zero attached hydrogens (tertiary/aromatic N) is 1. The summed E-state index contributed by atoms with van der Waals surface area (Å²) in [5.41, 5.74) is 3.84. The molecule has 4 nitrogen and oxygen atoms in total. The van der Waals surface area contributed by atoms with E-state index in [0.717, 1.165) is 16.7 Å². The lowest BCUT2D eigenvalue weighted by atomic mass is 9.98. The molecule has 1 rings (SSSR count). The molecule has 0 bridgehead atoms. The summed E-state index contributed by atoms with van der Waals surface area (Å²) in [4.78, 5) is 24.1. The predicted molar refractivity (Wildman–Crippen MR) is 70.1 cm³/mol. The van der Waals surface area contributed by atoms with Gasteiger partial charge in [-0.1, -0.05) is 6.07 Å². The summed E-state index contributed by atoms with van der Waals surface area (Å²) in [6, 6.07) is 3.86. The molecule has 0 saturated carbocycles. The van der Waals surface area contributed by atoms with Crippen LogP contribution < -0.4 is 0 Å². The Hall–Kier alpha value is -1.68. The monoisotopic (exact) mass is 249 g/mol. The van der Waals surface area contributed by atoms with E-state index in [1.807, 2.05) is 32.9 Å². The van der Waals surface area contributed by atoms with Gasteiger partial charge in [-0.05, 0) is 50.6 Å². The molecule has 0 amide bonds. The molecule has 0 aliphatic heterocycles. The highest BCUT2D eigenvalue weighted by molar-refractivity contribution is 5.99. The summed E-state index contributed by atoms with van der Waals surface area (Å²) in [5.74, 6) is -0.971. The second-order valence-corrected chi connectivity index (χ2v) is 4.74. The van der Waals surface area contributed by atoms with Gasteiger partial charge in [0.15, 0.2) is 5.78 Å². The number of carbonyl (C=O) groups excluding carboxylic acids is 1. The van der Waals surface area contributed by atoms with E-state index in [1.54, 1.807) is 7.05 Å². The Kier molecular flexibility index (Phi) is 4.62. The molecule has 98 valence electrons. The second kappa shape index (κ2) is 5.78. The van der Waals surface area contributed by atoms with Crippen LogP contribution in [0.1, 0.15) is 27.0 Å². The third kappa shape index (κ3) is 3.67. The number of carbonyl (C=O) groups is 2. The molecule has 0 aliphatic rings. The number of aryl methyl sites for hydroxylation is 3. The second-order valence-electron chi connectivity index (χ2n) is 4.74. The van der Waals surface area contributed by atoms with Crippen molar-refractivity contribution in [3.63, 3.8) is 0 Å². The van der Waals surface area contributed by atoms with Gasteiger partial charge in [0.25, 0.3) is 0 Å². The van der Waals surface area contributed by atoms with E-state index in [-0.39, 0.29) is 18.9 Å². The lowest BCUT2D eigenvalue weighted by molar-refractivity contribution is -0.137. The third-order valence-electron chi connectivity index (χ3n) is 2.96. The average molecular weight is 249 g/mol. The number of hydrogen-bond donors (Lipinski definition) is 1. The van der Waals surface area contributed by atoms with E-state index in [0.29, 0.717) is 5.56 Å². The number of rotatable bonds is 5. The zero-order valence-corrected chi connectivity index (χ0v) is 11.3. The first-order valence-electron chi connectivity index (χ1n) is 5.82. The van der Waals surface area contributed by atoms with Crippen LogP contribution in [0.2, 0.25) is 0 Å². The van der Waals surface area contributed by atoms with Gasteiger partial charge < -0.3 is 5.11 Å². The SMILES string of the molecule is Cc1cc(C)c(C(=O)CN(C)CC(=O)O)cc1C. The summed E-state index contributed by atoms with van der Waals surface area (Å²) in [7, 11) is 1.63. The van der Waals surface area contributed by atoms with Crippen LogP contribution in [0.15, 0.2) is 12.1 Å². The molecule has 0 atom stereocenters. The standard InChI is InChI=1S/C14H19NO3/c1-9-5-11(3)12(6-10(9)2)13(16)7-15(4)8-14(17)18/h5-6H,7-8H2,1-4H3,(H,17,18). The summed E-state index contributed by atoms with van der Waals surface area (Å²) in [6.45, 7) is 5.86. The average Bonchev–Trinajstić information content (AvgIpc) is 2.21. The third-order valence-corrected chi connectivity index (χ3v) is 2.96. The Bertz CT molecular complexity index is 480. The summed E-state index contributed by atoms with van der Waals surface area (Å²) < 4.78 is 0. The first-order chi connectivity index (χ1) is 8.31. The smallest absolute Gasteiger partial charge is 0.317 e. The topological polar surface area (TPSA) is 57.6 Å². The Morgan fingerprint density at radius 3 is 2.17 bits per heavy atom. The maximum Gasteiger partial charge on any atom is 0.317 e. The Balaban J connectivity index is 2.85. The van der Waals surface area contributed by atoms with Gasteiger partial charge in [-0.3, -0.25) is 14.5 Å². The van der Waals surface area contributed by atoms with Crippen LogP contribution >= 0.6 is 0 Å².